The van der Waals surface area contributed by atoms with Gasteiger partial charge in [0.1, 0.15) is 5.82 Å². The largest absolute Gasteiger partial charge is 0.340 e. The summed E-state index contributed by atoms with van der Waals surface area (Å²) in [6.07, 6.45) is 8.52. The number of hydrogen-bond acceptors (Lipinski definition) is 5. The standard InChI is InChI=1S/C16H14N6/c17-10-22-6-3-12(9-22)15-20-14-7-13(8-19-16(14)21-15)11-1-4-18-5-2-11/h1-2,4-5,7-8,12H,3,6,9H2,(H,19,20,21)/t12-/m1/s1. The van der Waals surface area contributed by atoms with Crippen molar-refractivity contribution in [1.29, 1.82) is 5.26 Å². The Hall–Kier alpha value is -2.94. The molecule has 0 spiro atoms. The Morgan fingerprint density at radius 1 is 1.27 bits per heavy atom. The third-order valence-corrected chi connectivity index (χ3v) is 4.09. The molecule has 0 saturated carbocycles. The number of hydrogen-bond donors (Lipinski definition) is 1. The van der Waals surface area contributed by atoms with Crippen molar-refractivity contribution < 1.29 is 0 Å². The highest BCUT2D eigenvalue weighted by molar-refractivity contribution is 5.78. The van der Waals surface area contributed by atoms with E-state index in [0.29, 0.717) is 0 Å². The second kappa shape index (κ2) is 5.11. The van der Waals surface area contributed by atoms with Crippen molar-refractivity contribution in [3.63, 3.8) is 0 Å². The Morgan fingerprint density at radius 2 is 2.14 bits per heavy atom. The highest BCUT2D eigenvalue weighted by Gasteiger charge is 2.25. The SMILES string of the molecule is N#CN1CC[C@@H](c2nc3ncc(-c4ccncc4)cc3[nH]2)C1. The molecule has 108 valence electrons. The fraction of sp³-hybridized carbons (Fsp3) is 0.250. The first-order valence-corrected chi connectivity index (χ1v) is 7.24. The van der Waals surface area contributed by atoms with Gasteiger partial charge in [0, 0.05) is 43.2 Å². The van der Waals surface area contributed by atoms with Crippen LogP contribution in [-0.4, -0.2) is 37.9 Å². The van der Waals surface area contributed by atoms with E-state index >= 15 is 0 Å². The monoisotopic (exact) mass is 290 g/mol. The Kier molecular flexibility index (Phi) is 2.97. The van der Waals surface area contributed by atoms with Crippen molar-refractivity contribution in [1.82, 2.24) is 24.8 Å². The van der Waals surface area contributed by atoms with Crippen LogP contribution in [0.2, 0.25) is 0 Å². The molecule has 0 amide bonds. The van der Waals surface area contributed by atoms with Gasteiger partial charge in [-0.3, -0.25) is 4.98 Å². The van der Waals surface area contributed by atoms with Crippen LogP contribution >= 0.6 is 0 Å². The summed E-state index contributed by atoms with van der Waals surface area (Å²) in [5.74, 6) is 1.20. The molecular weight excluding hydrogens is 276 g/mol. The Bertz CT molecular complexity index is 848. The van der Waals surface area contributed by atoms with E-state index < -0.39 is 0 Å². The Balaban J connectivity index is 1.69. The van der Waals surface area contributed by atoms with E-state index in [2.05, 4.69) is 32.2 Å². The zero-order chi connectivity index (χ0) is 14.9. The molecule has 0 bridgehead atoms. The quantitative estimate of drug-likeness (QED) is 0.732. The number of aromatic amines is 1. The average Bonchev–Trinajstić information content (AvgIpc) is 3.21. The van der Waals surface area contributed by atoms with Crippen molar-refractivity contribution in [2.24, 2.45) is 0 Å². The molecule has 22 heavy (non-hydrogen) atoms. The number of rotatable bonds is 2. The van der Waals surface area contributed by atoms with Gasteiger partial charge in [0.15, 0.2) is 11.8 Å². The number of fused-ring (bicyclic) bond motifs is 1. The molecule has 1 saturated heterocycles. The number of pyridine rings is 2. The molecule has 1 fully saturated rings. The molecule has 1 aliphatic heterocycles. The van der Waals surface area contributed by atoms with Crippen molar-refractivity contribution in [3.05, 3.63) is 42.6 Å². The molecule has 1 aliphatic rings. The summed E-state index contributed by atoms with van der Waals surface area (Å²) in [7, 11) is 0. The summed E-state index contributed by atoms with van der Waals surface area (Å²) < 4.78 is 0. The number of aromatic nitrogens is 4. The Morgan fingerprint density at radius 3 is 2.91 bits per heavy atom. The first-order chi connectivity index (χ1) is 10.8. The maximum absolute atomic E-state index is 8.96. The summed E-state index contributed by atoms with van der Waals surface area (Å²) in [6, 6.07) is 5.98. The summed E-state index contributed by atoms with van der Waals surface area (Å²) in [6.45, 7) is 1.53. The molecule has 3 aromatic rings. The summed E-state index contributed by atoms with van der Waals surface area (Å²) in [5, 5.41) is 8.96. The van der Waals surface area contributed by atoms with Gasteiger partial charge in [-0.1, -0.05) is 0 Å². The molecule has 4 rings (SSSR count). The van der Waals surface area contributed by atoms with Gasteiger partial charge in [-0.2, -0.15) is 5.26 Å². The van der Waals surface area contributed by atoms with E-state index in [1.54, 1.807) is 17.3 Å². The molecule has 6 nitrogen and oxygen atoms in total. The fourth-order valence-electron chi connectivity index (χ4n) is 2.89. The van der Waals surface area contributed by atoms with Gasteiger partial charge in [0.25, 0.3) is 0 Å². The minimum atomic E-state index is 0.276. The van der Waals surface area contributed by atoms with Crippen molar-refractivity contribution >= 4 is 11.2 Å². The van der Waals surface area contributed by atoms with E-state index in [4.69, 9.17) is 5.26 Å². The van der Waals surface area contributed by atoms with Crippen molar-refractivity contribution in [2.45, 2.75) is 12.3 Å². The van der Waals surface area contributed by atoms with Crippen LogP contribution < -0.4 is 0 Å². The summed E-state index contributed by atoms with van der Waals surface area (Å²) in [5.41, 5.74) is 3.77. The molecule has 0 aliphatic carbocycles. The topological polar surface area (TPSA) is 81.5 Å². The molecule has 6 heteroatoms. The molecule has 0 radical (unpaired) electrons. The lowest BCUT2D eigenvalue weighted by molar-refractivity contribution is 0.477. The smallest absolute Gasteiger partial charge is 0.179 e. The lowest BCUT2D eigenvalue weighted by Gasteiger charge is -2.05. The van der Waals surface area contributed by atoms with Crippen LogP contribution in [0.15, 0.2) is 36.8 Å². The molecule has 0 aromatic carbocycles. The number of nitrogens with one attached hydrogen (secondary N) is 1. The van der Waals surface area contributed by atoms with Gasteiger partial charge in [0.2, 0.25) is 0 Å². The van der Waals surface area contributed by atoms with Gasteiger partial charge < -0.3 is 9.88 Å². The predicted molar refractivity (Wildman–Crippen MR) is 81.7 cm³/mol. The fourth-order valence-corrected chi connectivity index (χ4v) is 2.89. The summed E-state index contributed by atoms with van der Waals surface area (Å²) >= 11 is 0. The zero-order valence-corrected chi connectivity index (χ0v) is 11.9. The van der Waals surface area contributed by atoms with Gasteiger partial charge in [-0.25, -0.2) is 9.97 Å². The van der Waals surface area contributed by atoms with E-state index in [1.165, 1.54) is 0 Å². The average molecular weight is 290 g/mol. The van der Waals surface area contributed by atoms with E-state index in [1.807, 2.05) is 18.3 Å². The second-order valence-corrected chi connectivity index (χ2v) is 5.48. The zero-order valence-electron chi connectivity index (χ0n) is 11.9. The third kappa shape index (κ3) is 2.17. The van der Waals surface area contributed by atoms with Crippen molar-refractivity contribution in [2.75, 3.05) is 13.1 Å². The van der Waals surface area contributed by atoms with Crippen LogP contribution in [0.1, 0.15) is 18.2 Å². The molecule has 1 atom stereocenters. The first kappa shape index (κ1) is 12.8. The molecule has 4 heterocycles. The van der Waals surface area contributed by atoms with Crippen LogP contribution in [0.4, 0.5) is 0 Å². The highest BCUT2D eigenvalue weighted by atomic mass is 15.1. The lowest BCUT2D eigenvalue weighted by Crippen LogP contribution is -2.13. The highest BCUT2D eigenvalue weighted by Crippen LogP contribution is 2.27. The Labute approximate surface area is 127 Å². The minimum Gasteiger partial charge on any atom is -0.340 e. The molecule has 3 aromatic heterocycles. The van der Waals surface area contributed by atoms with E-state index in [0.717, 1.165) is 47.6 Å². The number of nitriles is 1. The maximum atomic E-state index is 8.96. The summed E-state index contributed by atoms with van der Waals surface area (Å²) in [4.78, 5) is 18.2. The van der Waals surface area contributed by atoms with Crippen LogP contribution in [0.3, 0.4) is 0 Å². The van der Waals surface area contributed by atoms with E-state index in [9.17, 15) is 0 Å². The maximum Gasteiger partial charge on any atom is 0.179 e. The molecule has 0 unspecified atom stereocenters. The number of imidazole rings is 1. The third-order valence-electron chi connectivity index (χ3n) is 4.09. The lowest BCUT2D eigenvalue weighted by atomic mass is 10.1. The number of H-pyrrole nitrogens is 1. The van der Waals surface area contributed by atoms with Gasteiger partial charge in [-0.05, 0) is 30.2 Å². The van der Waals surface area contributed by atoms with Crippen molar-refractivity contribution in [3.8, 4) is 17.3 Å². The van der Waals surface area contributed by atoms with Gasteiger partial charge in [0.05, 0.1) is 5.52 Å². The van der Waals surface area contributed by atoms with Gasteiger partial charge in [-0.15, -0.1) is 0 Å². The number of nitrogens with zero attached hydrogens (tertiary/aromatic N) is 5. The molecular formula is C16H14N6. The normalized spacial score (nSPS) is 17.8. The number of likely N-dealkylation sites (tertiary alicyclic amines) is 1. The van der Waals surface area contributed by atoms with Gasteiger partial charge >= 0.3 is 0 Å². The molecule has 1 N–H and O–H groups in total. The van der Waals surface area contributed by atoms with Crippen LogP contribution in [-0.2, 0) is 0 Å². The van der Waals surface area contributed by atoms with Crippen LogP contribution in [0.5, 0.6) is 0 Å². The van der Waals surface area contributed by atoms with Crippen LogP contribution in [0.25, 0.3) is 22.3 Å². The second-order valence-electron chi connectivity index (χ2n) is 5.48. The first-order valence-electron chi connectivity index (χ1n) is 7.24. The van der Waals surface area contributed by atoms with E-state index in [-0.39, 0.29) is 5.92 Å². The van der Waals surface area contributed by atoms with Crippen LogP contribution in [0, 0.1) is 11.5 Å². The minimum absolute atomic E-state index is 0.276. The predicted octanol–water partition coefficient (Wildman–Crippen LogP) is 2.29.